The number of fused-ring (bicyclic) bond motifs is 1. The molecule has 0 aliphatic heterocycles. The second-order valence-electron chi connectivity index (χ2n) is 2.51. The minimum atomic E-state index is 0.913. The summed E-state index contributed by atoms with van der Waals surface area (Å²) in [6.07, 6.45) is 0. The van der Waals surface area contributed by atoms with Gasteiger partial charge >= 0.3 is 0 Å². The molecule has 1 aromatic carbocycles. The Morgan fingerprint density at radius 2 is 1.83 bits per heavy atom. The van der Waals surface area contributed by atoms with Crippen molar-refractivity contribution in [3.8, 4) is 0 Å². The number of rotatable bonds is 0. The van der Waals surface area contributed by atoms with Crippen molar-refractivity contribution in [1.29, 1.82) is 0 Å². The topological polar surface area (TPSA) is 3.88 Å². The molecular weight excluding hydrogens is 234 g/mol. The number of halogens is 1. The lowest BCUT2D eigenvalue weighted by molar-refractivity contribution is -0.474. The van der Waals surface area contributed by atoms with Gasteiger partial charge in [0.15, 0.2) is 5.52 Å². The number of pyridine rings is 1. The molecule has 0 radical (unpaired) electrons. The Morgan fingerprint density at radius 3 is 2.67 bits per heavy atom. The first-order valence-electron chi connectivity index (χ1n) is 3.56. The minimum Gasteiger partial charge on any atom is -0.425 e. The molecule has 1 aromatic heterocycles. The fourth-order valence-corrected chi connectivity index (χ4v) is 1.71. The summed E-state index contributed by atoms with van der Waals surface area (Å²) >= 11 is 8.54. The molecule has 0 aliphatic rings. The highest BCUT2D eigenvalue weighted by molar-refractivity contribution is 9.10. The van der Waals surface area contributed by atoms with Crippen LogP contribution in [0.3, 0.4) is 0 Å². The molecular formula is C9H6BrNS. The van der Waals surface area contributed by atoms with E-state index in [1.165, 1.54) is 0 Å². The lowest BCUT2D eigenvalue weighted by atomic mass is 10.2. The zero-order valence-electron chi connectivity index (χ0n) is 6.20. The molecule has 2 rings (SSSR count). The zero-order chi connectivity index (χ0) is 8.55. The molecule has 1 heterocycles. The van der Waals surface area contributed by atoms with Gasteiger partial charge in [-0.05, 0) is 12.1 Å². The summed E-state index contributed by atoms with van der Waals surface area (Å²) in [7, 11) is 0. The van der Waals surface area contributed by atoms with E-state index < -0.39 is 0 Å². The molecule has 0 aliphatic carbocycles. The maximum Gasteiger partial charge on any atom is 0.233 e. The van der Waals surface area contributed by atoms with Gasteiger partial charge in [-0.3, -0.25) is 3.97 Å². The van der Waals surface area contributed by atoms with Crippen LogP contribution in [0.25, 0.3) is 10.9 Å². The third kappa shape index (κ3) is 1.19. The molecule has 0 spiro atoms. The van der Waals surface area contributed by atoms with Crippen molar-refractivity contribution in [1.82, 2.24) is 0 Å². The number of aromatic nitrogens is 1. The number of hydrogen-bond acceptors (Lipinski definition) is 1. The average molecular weight is 240 g/mol. The van der Waals surface area contributed by atoms with Crippen LogP contribution in [0.1, 0.15) is 0 Å². The van der Waals surface area contributed by atoms with E-state index in [9.17, 15) is 0 Å². The lowest BCUT2D eigenvalue weighted by Crippen LogP contribution is -2.28. The van der Waals surface area contributed by atoms with Crippen LogP contribution in [-0.4, -0.2) is 0 Å². The highest BCUT2D eigenvalue weighted by atomic mass is 79.9. The molecule has 0 saturated heterocycles. The SMILES string of the molecule is [S-][n+]1c(Br)ccc2ccccc21. The Labute approximate surface area is 84.7 Å². The van der Waals surface area contributed by atoms with Gasteiger partial charge in [0.25, 0.3) is 0 Å². The van der Waals surface area contributed by atoms with Gasteiger partial charge in [-0.25, -0.2) is 0 Å². The first kappa shape index (κ1) is 7.95. The predicted molar refractivity (Wildman–Crippen MR) is 54.6 cm³/mol. The largest absolute Gasteiger partial charge is 0.425 e. The highest BCUT2D eigenvalue weighted by Crippen LogP contribution is 2.12. The van der Waals surface area contributed by atoms with Crippen molar-refractivity contribution in [2.75, 3.05) is 0 Å². The van der Waals surface area contributed by atoms with Gasteiger partial charge in [-0.1, -0.05) is 12.1 Å². The predicted octanol–water partition coefficient (Wildman–Crippen LogP) is 2.20. The van der Waals surface area contributed by atoms with E-state index >= 15 is 0 Å². The number of para-hydroxylation sites is 1. The van der Waals surface area contributed by atoms with Crippen LogP contribution >= 0.6 is 15.9 Å². The van der Waals surface area contributed by atoms with Crippen LogP contribution in [0.5, 0.6) is 0 Å². The van der Waals surface area contributed by atoms with E-state index in [1.54, 1.807) is 3.97 Å². The van der Waals surface area contributed by atoms with Crippen molar-refractivity contribution >= 4 is 39.6 Å². The monoisotopic (exact) mass is 239 g/mol. The molecule has 3 heteroatoms. The first-order chi connectivity index (χ1) is 5.79. The van der Waals surface area contributed by atoms with Crippen molar-refractivity contribution in [2.45, 2.75) is 0 Å². The average Bonchev–Trinajstić information content (AvgIpc) is 2.12. The smallest absolute Gasteiger partial charge is 0.233 e. The number of nitrogens with zero attached hydrogens (tertiary/aromatic N) is 1. The second-order valence-corrected chi connectivity index (χ2v) is 3.69. The van der Waals surface area contributed by atoms with Crippen molar-refractivity contribution in [3.05, 3.63) is 41.0 Å². The van der Waals surface area contributed by atoms with Crippen molar-refractivity contribution < 1.29 is 3.97 Å². The van der Waals surface area contributed by atoms with Gasteiger partial charge in [-0.15, -0.1) is 0 Å². The summed E-state index contributed by atoms with van der Waals surface area (Å²) < 4.78 is 2.62. The van der Waals surface area contributed by atoms with Gasteiger partial charge in [0.1, 0.15) is 0 Å². The standard InChI is InChI=1S/C9H6BrNS/c10-9-6-5-7-3-1-2-4-8(7)11(9)12/h1-6H. The van der Waals surface area contributed by atoms with Gasteiger partial charge in [-0.2, -0.15) is 0 Å². The normalized spacial score (nSPS) is 10.4. The fraction of sp³-hybridized carbons (Fsp3) is 0. The summed E-state index contributed by atoms with van der Waals surface area (Å²) in [5.74, 6) is 0. The molecule has 0 bridgehead atoms. The maximum absolute atomic E-state index is 5.16. The van der Waals surface area contributed by atoms with Crippen molar-refractivity contribution in [2.24, 2.45) is 0 Å². The second kappa shape index (κ2) is 2.99. The molecule has 0 N–H and O–H groups in total. The molecule has 12 heavy (non-hydrogen) atoms. The maximum atomic E-state index is 5.16. The van der Waals surface area contributed by atoms with E-state index in [0.717, 1.165) is 15.5 Å². The molecule has 0 saturated carbocycles. The van der Waals surface area contributed by atoms with E-state index in [1.807, 2.05) is 36.4 Å². The number of benzene rings is 1. The molecule has 60 valence electrons. The molecule has 0 unspecified atom stereocenters. The Balaban J connectivity index is 2.91. The quantitative estimate of drug-likeness (QED) is 0.388. The van der Waals surface area contributed by atoms with Crippen molar-refractivity contribution in [3.63, 3.8) is 0 Å². The summed E-state index contributed by atoms with van der Waals surface area (Å²) in [4.78, 5) is 0. The highest BCUT2D eigenvalue weighted by Gasteiger charge is 2.02. The molecule has 0 amide bonds. The Hall–Kier alpha value is -0.670. The van der Waals surface area contributed by atoms with E-state index in [-0.39, 0.29) is 0 Å². The van der Waals surface area contributed by atoms with Gasteiger partial charge < -0.3 is 12.8 Å². The van der Waals surface area contributed by atoms with Crippen LogP contribution in [0.4, 0.5) is 0 Å². The Morgan fingerprint density at radius 1 is 1.08 bits per heavy atom. The minimum absolute atomic E-state index is 0.913. The molecule has 0 atom stereocenters. The number of hydrogen-bond donors (Lipinski definition) is 0. The summed E-state index contributed by atoms with van der Waals surface area (Å²) in [5, 5.41) is 1.16. The summed E-state index contributed by atoms with van der Waals surface area (Å²) in [6, 6.07) is 12.0. The zero-order valence-corrected chi connectivity index (χ0v) is 8.60. The van der Waals surface area contributed by atoms with E-state index in [2.05, 4.69) is 15.9 Å². The molecule has 1 nitrogen and oxygen atoms in total. The van der Waals surface area contributed by atoms with Crippen LogP contribution in [0.2, 0.25) is 0 Å². The van der Waals surface area contributed by atoms with Gasteiger partial charge in [0.05, 0.1) is 0 Å². The first-order valence-corrected chi connectivity index (χ1v) is 4.71. The summed E-state index contributed by atoms with van der Waals surface area (Å²) in [5.41, 5.74) is 1.06. The van der Waals surface area contributed by atoms with Crippen LogP contribution in [0.15, 0.2) is 41.0 Å². The van der Waals surface area contributed by atoms with E-state index in [0.29, 0.717) is 0 Å². The Kier molecular flexibility index (Phi) is 1.98. The van der Waals surface area contributed by atoms with Crippen LogP contribution in [0, 0.1) is 0 Å². The molecule has 2 aromatic rings. The molecule has 0 fully saturated rings. The third-order valence-electron chi connectivity index (χ3n) is 1.75. The van der Waals surface area contributed by atoms with Gasteiger partial charge in [0, 0.05) is 33.4 Å². The van der Waals surface area contributed by atoms with Gasteiger partial charge in [0.2, 0.25) is 4.60 Å². The fourth-order valence-electron chi connectivity index (χ4n) is 1.15. The third-order valence-corrected chi connectivity index (χ3v) is 3.00. The Bertz CT molecular complexity index is 428. The lowest BCUT2D eigenvalue weighted by Gasteiger charge is -2.03. The van der Waals surface area contributed by atoms with E-state index in [4.69, 9.17) is 12.8 Å². The van der Waals surface area contributed by atoms with Crippen LogP contribution in [-0.2, 0) is 12.8 Å². The summed E-state index contributed by atoms with van der Waals surface area (Å²) in [6.45, 7) is 0. The van der Waals surface area contributed by atoms with Crippen LogP contribution < -0.4 is 3.97 Å².